The maximum absolute atomic E-state index is 12.1. The maximum Gasteiger partial charge on any atom is 0.271 e. The number of H-pyrrole nitrogens is 1. The van der Waals surface area contributed by atoms with Gasteiger partial charge in [-0.05, 0) is 12.1 Å². The number of hydrogen-bond donors (Lipinski definition) is 1. The minimum Gasteiger partial charge on any atom is -0.466 e. The summed E-state index contributed by atoms with van der Waals surface area (Å²) in [5, 5.41) is 0.561. The standard InChI is InChI=1S/C15H15N5O3S/c21-14-10-3-1-2-4-11(10)16-12(17-14)9-23-15-13(18-24-19-15)20-5-7-22-8-6-20/h1-4H,5-9H2,(H,16,17,21). The second-order valence-electron chi connectivity index (χ2n) is 5.31. The molecule has 1 saturated heterocycles. The highest BCUT2D eigenvalue weighted by Crippen LogP contribution is 2.26. The van der Waals surface area contributed by atoms with Gasteiger partial charge in [0.1, 0.15) is 12.4 Å². The predicted molar refractivity (Wildman–Crippen MR) is 89.6 cm³/mol. The highest BCUT2D eigenvalue weighted by atomic mass is 32.1. The number of rotatable bonds is 4. The molecule has 1 aliphatic heterocycles. The zero-order valence-electron chi connectivity index (χ0n) is 12.8. The molecule has 0 spiro atoms. The summed E-state index contributed by atoms with van der Waals surface area (Å²) in [5.41, 5.74) is 0.466. The van der Waals surface area contributed by atoms with Crippen molar-refractivity contribution in [1.82, 2.24) is 18.7 Å². The molecule has 9 heteroatoms. The number of fused-ring (bicyclic) bond motifs is 1. The molecule has 1 fully saturated rings. The fourth-order valence-corrected chi connectivity index (χ4v) is 3.10. The van der Waals surface area contributed by atoms with Crippen LogP contribution in [0.15, 0.2) is 29.1 Å². The Morgan fingerprint density at radius 3 is 2.96 bits per heavy atom. The SMILES string of the molecule is O=c1[nH]c(COc2nsnc2N2CCOCC2)nc2ccccc12. The van der Waals surface area contributed by atoms with Crippen molar-refractivity contribution in [1.29, 1.82) is 0 Å². The molecular formula is C15H15N5O3S. The lowest BCUT2D eigenvalue weighted by Crippen LogP contribution is -2.36. The summed E-state index contributed by atoms with van der Waals surface area (Å²) < 4.78 is 19.6. The Bertz CT molecular complexity index is 903. The van der Waals surface area contributed by atoms with Crippen molar-refractivity contribution >= 4 is 28.4 Å². The van der Waals surface area contributed by atoms with E-state index in [0.29, 0.717) is 41.6 Å². The lowest BCUT2D eigenvalue weighted by atomic mass is 10.2. The summed E-state index contributed by atoms with van der Waals surface area (Å²) in [4.78, 5) is 21.3. The van der Waals surface area contributed by atoms with Gasteiger partial charge in [-0.2, -0.15) is 4.37 Å². The molecule has 4 rings (SSSR count). The Kier molecular flexibility index (Phi) is 4.09. The van der Waals surface area contributed by atoms with Crippen molar-refractivity contribution in [3.05, 3.63) is 40.4 Å². The van der Waals surface area contributed by atoms with Crippen molar-refractivity contribution in [3.63, 3.8) is 0 Å². The van der Waals surface area contributed by atoms with Gasteiger partial charge in [-0.1, -0.05) is 12.1 Å². The average molecular weight is 345 g/mol. The molecule has 1 aliphatic rings. The molecule has 3 aromatic rings. The van der Waals surface area contributed by atoms with Gasteiger partial charge in [0.05, 0.1) is 35.8 Å². The number of benzene rings is 1. The van der Waals surface area contributed by atoms with Crippen LogP contribution in [0.3, 0.4) is 0 Å². The molecule has 3 heterocycles. The second-order valence-corrected chi connectivity index (χ2v) is 5.84. The van der Waals surface area contributed by atoms with E-state index < -0.39 is 0 Å². The minimum absolute atomic E-state index is 0.128. The summed E-state index contributed by atoms with van der Waals surface area (Å²) in [6, 6.07) is 7.20. The fourth-order valence-electron chi connectivity index (χ4n) is 2.58. The van der Waals surface area contributed by atoms with Crippen LogP contribution in [-0.2, 0) is 11.3 Å². The van der Waals surface area contributed by atoms with Crippen LogP contribution in [0, 0.1) is 0 Å². The third-order valence-electron chi connectivity index (χ3n) is 3.76. The van der Waals surface area contributed by atoms with E-state index >= 15 is 0 Å². The van der Waals surface area contributed by atoms with Crippen molar-refractivity contribution in [2.45, 2.75) is 6.61 Å². The molecule has 0 amide bonds. The summed E-state index contributed by atoms with van der Waals surface area (Å²) in [5.74, 6) is 1.63. The summed E-state index contributed by atoms with van der Waals surface area (Å²) in [6.45, 7) is 2.97. The molecule has 2 aromatic heterocycles. The molecular weight excluding hydrogens is 330 g/mol. The van der Waals surface area contributed by atoms with E-state index in [4.69, 9.17) is 9.47 Å². The van der Waals surface area contributed by atoms with Gasteiger partial charge < -0.3 is 19.4 Å². The normalized spacial score (nSPS) is 14.9. The van der Waals surface area contributed by atoms with Crippen LogP contribution in [-0.4, -0.2) is 45.0 Å². The Balaban J connectivity index is 1.53. The predicted octanol–water partition coefficient (Wildman–Crippen LogP) is 1.19. The van der Waals surface area contributed by atoms with E-state index in [9.17, 15) is 4.79 Å². The molecule has 1 N–H and O–H groups in total. The first-order valence-corrected chi connectivity index (χ1v) is 8.30. The summed E-state index contributed by atoms with van der Waals surface area (Å²) in [6.07, 6.45) is 0. The zero-order chi connectivity index (χ0) is 16.4. The number of aromatic nitrogens is 4. The van der Waals surface area contributed by atoms with Crippen molar-refractivity contribution in [2.75, 3.05) is 31.2 Å². The quantitative estimate of drug-likeness (QED) is 0.759. The average Bonchev–Trinajstić information content (AvgIpc) is 3.09. The number of ether oxygens (including phenoxy) is 2. The topological polar surface area (TPSA) is 93.2 Å². The minimum atomic E-state index is -0.177. The van der Waals surface area contributed by atoms with Crippen molar-refractivity contribution < 1.29 is 9.47 Å². The number of anilines is 1. The van der Waals surface area contributed by atoms with Crippen LogP contribution in [0.5, 0.6) is 5.88 Å². The van der Waals surface area contributed by atoms with Crippen LogP contribution in [0.1, 0.15) is 5.82 Å². The molecule has 0 radical (unpaired) electrons. The molecule has 1 aromatic carbocycles. The third kappa shape index (κ3) is 2.95. The third-order valence-corrected chi connectivity index (χ3v) is 4.26. The molecule has 124 valence electrons. The highest BCUT2D eigenvalue weighted by molar-refractivity contribution is 6.99. The summed E-state index contributed by atoms with van der Waals surface area (Å²) in [7, 11) is 0. The highest BCUT2D eigenvalue weighted by Gasteiger charge is 2.20. The largest absolute Gasteiger partial charge is 0.466 e. The maximum atomic E-state index is 12.1. The van der Waals surface area contributed by atoms with Crippen LogP contribution in [0.4, 0.5) is 5.82 Å². The van der Waals surface area contributed by atoms with E-state index in [2.05, 4.69) is 23.6 Å². The van der Waals surface area contributed by atoms with Gasteiger partial charge in [0.25, 0.3) is 11.4 Å². The number of hydrogen-bond acceptors (Lipinski definition) is 8. The Morgan fingerprint density at radius 1 is 1.25 bits per heavy atom. The molecule has 0 unspecified atom stereocenters. The van der Waals surface area contributed by atoms with Gasteiger partial charge in [0.15, 0.2) is 0 Å². The zero-order valence-corrected chi connectivity index (χ0v) is 13.6. The van der Waals surface area contributed by atoms with Gasteiger partial charge >= 0.3 is 0 Å². The molecule has 0 atom stereocenters. The lowest BCUT2D eigenvalue weighted by Gasteiger charge is -2.26. The van der Waals surface area contributed by atoms with E-state index in [1.165, 1.54) is 0 Å². The molecule has 8 nitrogen and oxygen atoms in total. The number of para-hydroxylation sites is 1. The van der Waals surface area contributed by atoms with Gasteiger partial charge in [-0.25, -0.2) is 4.98 Å². The smallest absolute Gasteiger partial charge is 0.271 e. The van der Waals surface area contributed by atoms with E-state index in [0.717, 1.165) is 24.8 Å². The van der Waals surface area contributed by atoms with Gasteiger partial charge in [0.2, 0.25) is 5.82 Å². The van der Waals surface area contributed by atoms with Gasteiger partial charge in [-0.15, -0.1) is 4.37 Å². The van der Waals surface area contributed by atoms with Gasteiger partial charge in [-0.3, -0.25) is 4.79 Å². The lowest BCUT2D eigenvalue weighted by molar-refractivity contribution is 0.122. The Hall–Kier alpha value is -2.52. The number of aromatic amines is 1. The number of nitrogens with zero attached hydrogens (tertiary/aromatic N) is 4. The first kappa shape index (κ1) is 15.0. The fraction of sp³-hybridized carbons (Fsp3) is 0.333. The monoisotopic (exact) mass is 345 g/mol. The number of nitrogens with one attached hydrogen (secondary N) is 1. The van der Waals surface area contributed by atoms with E-state index in [1.54, 1.807) is 12.1 Å². The van der Waals surface area contributed by atoms with Crippen molar-refractivity contribution in [2.24, 2.45) is 0 Å². The van der Waals surface area contributed by atoms with Crippen LogP contribution < -0.4 is 15.2 Å². The first-order valence-electron chi connectivity index (χ1n) is 7.57. The van der Waals surface area contributed by atoms with E-state index in [-0.39, 0.29) is 12.2 Å². The first-order chi connectivity index (χ1) is 11.8. The molecule has 0 saturated carbocycles. The van der Waals surface area contributed by atoms with Crippen molar-refractivity contribution in [3.8, 4) is 5.88 Å². The molecule has 0 aliphatic carbocycles. The van der Waals surface area contributed by atoms with Crippen LogP contribution in [0.25, 0.3) is 10.9 Å². The van der Waals surface area contributed by atoms with Crippen LogP contribution >= 0.6 is 11.7 Å². The Morgan fingerprint density at radius 2 is 2.08 bits per heavy atom. The Labute approximate surface area is 141 Å². The molecule has 24 heavy (non-hydrogen) atoms. The van der Waals surface area contributed by atoms with E-state index in [1.807, 2.05) is 12.1 Å². The summed E-state index contributed by atoms with van der Waals surface area (Å²) >= 11 is 1.10. The molecule has 0 bridgehead atoms. The second kappa shape index (κ2) is 6.54. The number of morpholine rings is 1. The van der Waals surface area contributed by atoms with Gasteiger partial charge in [0, 0.05) is 13.1 Å². The van der Waals surface area contributed by atoms with Crippen LogP contribution in [0.2, 0.25) is 0 Å².